The maximum absolute atomic E-state index is 11.4. The Kier molecular flexibility index (Phi) is 3.90. The molecular weight excluding hydrogens is 298 g/mol. The first-order chi connectivity index (χ1) is 10.8. The van der Waals surface area contributed by atoms with Gasteiger partial charge < -0.3 is 10.1 Å². The Morgan fingerprint density at radius 2 is 1.73 bits per heavy atom. The summed E-state index contributed by atoms with van der Waals surface area (Å²) in [4.78, 5) is 11.4. The van der Waals surface area contributed by atoms with Crippen LogP contribution in [-0.2, 0) is 0 Å². The summed E-state index contributed by atoms with van der Waals surface area (Å²) in [7, 11) is 0. The summed E-state index contributed by atoms with van der Waals surface area (Å²) >= 11 is 1.10. The van der Waals surface area contributed by atoms with Crippen LogP contribution < -0.4 is 15.6 Å². The Hall–Kier alpha value is -3.04. The minimum absolute atomic E-state index is 0.0922. The largest absolute Gasteiger partial charge is 0.457 e. The van der Waals surface area contributed by atoms with Crippen LogP contribution in [0.25, 0.3) is 0 Å². The lowest BCUT2D eigenvalue weighted by atomic mass is 10.3. The molecule has 3 rings (SSSR count). The van der Waals surface area contributed by atoms with Crippen LogP contribution in [0.2, 0.25) is 0 Å². The van der Waals surface area contributed by atoms with Crippen molar-refractivity contribution in [2.75, 3.05) is 5.32 Å². The SMILES string of the molecule is N#Cc1c(Nc2ccc(Oc3ccccc3)cc2)s[nH]c1=O. The van der Waals surface area contributed by atoms with Gasteiger partial charge in [-0.25, -0.2) is 0 Å². The molecule has 1 aromatic heterocycles. The van der Waals surface area contributed by atoms with E-state index in [4.69, 9.17) is 10.00 Å². The van der Waals surface area contributed by atoms with Crippen LogP contribution in [0.15, 0.2) is 59.4 Å². The van der Waals surface area contributed by atoms with Crippen LogP contribution in [0.1, 0.15) is 5.56 Å². The summed E-state index contributed by atoms with van der Waals surface area (Å²) in [6, 6.07) is 18.7. The fourth-order valence-corrected chi connectivity index (χ4v) is 2.56. The lowest BCUT2D eigenvalue weighted by Crippen LogP contribution is -2.02. The average molecular weight is 309 g/mol. The van der Waals surface area contributed by atoms with E-state index >= 15 is 0 Å². The van der Waals surface area contributed by atoms with Gasteiger partial charge in [0.05, 0.1) is 0 Å². The minimum atomic E-state index is -0.376. The van der Waals surface area contributed by atoms with Gasteiger partial charge in [-0.2, -0.15) is 5.26 Å². The second-order valence-electron chi connectivity index (χ2n) is 4.41. The van der Waals surface area contributed by atoms with Gasteiger partial charge in [-0.1, -0.05) is 18.2 Å². The van der Waals surface area contributed by atoms with E-state index < -0.39 is 0 Å². The lowest BCUT2D eigenvalue weighted by Gasteiger charge is -2.07. The molecule has 0 radical (unpaired) electrons. The Morgan fingerprint density at radius 3 is 2.41 bits per heavy atom. The van der Waals surface area contributed by atoms with Crippen molar-refractivity contribution in [3.05, 3.63) is 70.5 Å². The first kappa shape index (κ1) is 13.9. The molecule has 2 N–H and O–H groups in total. The Bertz CT molecular complexity index is 861. The van der Waals surface area contributed by atoms with E-state index in [0.29, 0.717) is 10.8 Å². The number of nitrogens with one attached hydrogen (secondary N) is 2. The zero-order valence-electron chi connectivity index (χ0n) is 11.4. The van der Waals surface area contributed by atoms with Crippen molar-refractivity contribution >= 4 is 22.2 Å². The summed E-state index contributed by atoms with van der Waals surface area (Å²) in [5.41, 5.74) is 0.487. The van der Waals surface area contributed by atoms with E-state index in [-0.39, 0.29) is 11.1 Å². The molecule has 0 spiro atoms. The van der Waals surface area contributed by atoms with Gasteiger partial charge in [0.15, 0.2) is 5.56 Å². The van der Waals surface area contributed by atoms with Gasteiger partial charge in [-0.3, -0.25) is 9.17 Å². The molecule has 0 fully saturated rings. The van der Waals surface area contributed by atoms with Gasteiger partial charge in [0, 0.05) is 5.69 Å². The number of hydrogen-bond donors (Lipinski definition) is 2. The first-order valence-electron chi connectivity index (χ1n) is 6.48. The summed E-state index contributed by atoms with van der Waals surface area (Å²) in [5, 5.41) is 12.5. The molecule has 22 heavy (non-hydrogen) atoms. The maximum Gasteiger partial charge on any atom is 0.278 e. The van der Waals surface area contributed by atoms with Crippen molar-refractivity contribution in [3.63, 3.8) is 0 Å². The quantitative estimate of drug-likeness (QED) is 0.767. The van der Waals surface area contributed by atoms with Gasteiger partial charge in [0.1, 0.15) is 22.6 Å². The standard InChI is InChI=1S/C16H11N3O2S/c17-10-14-15(20)19-22-16(14)18-11-6-8-13(9-7-11)21-12-4-2-1-3-5-12/h1-9,18H,(H,19,20). The number of para-hydroxylation sites is 1. The number of nitrogens with zero attached hydrogens (tertiary/aromatic N) is 1. The molecule has 0 saturated heterocycles. The topological polar surface area (TPSA) is 77.9 Å². The third-order valence-electron chi connectivity index (χ3n) is 2.90. The fraction of sp³-hybridized carbons (Fsp3) is 0. The summed E-state index contributed by atoms with van der Waals surface area (Å²) in [5.74, 6) is 1.47. The Labute approximate surface area is 130 Å². The summed E-state index contributed by atoms with van der Waals surface area (Å²) in [6.07, 6.45) is 0. The average Bonchev–Trinajstić information content (AvgIpc) is 2.90. The number of H-pyrrole nitrogens is 1. The molecule has 5 nitrogen and oxygen atoms in total. The third kappa shape index (κ3) is 3.00. The van der Waals surface area contributed by atoms with Crippen molar-refractivity contribution < 1.29 is 4.74 Å². The number of nitriles is 1. The zero-order valence-corrected chi connectivity index (χ0v) is 12.2. The number of rotatable bonds is 4. The number of aromatic amines is 1. The van der Waals surface area contributed by atoms with Crippen molar-refractivity contribution in [1.29, 1.82) is 5.26 Å². The Balaban J connectivity index is 1.74. The number of ether oxygens (including phenoxy) is 1. The summed E-state index contributed by atoms with van der Waals surface area (Å²) < 4.78 is 8.23. The van der Waals surface area contributed by atoms with E-state index in [1.165, 1.54) is 0 Å². The predicted octanol–water partition coefficient (Wildman–Crippen LogP) is 3.84. The van der Waals surface area contributed by atoms with Gasteiger partial charge in [-0.15, -0.1) is 0 Å². The van der Waals surface area contributed by atoms with E-state index in [9.17, 15) is 4.79 Å². The van der Waals surface area contributed by atoms with E-state index in [0.717, 1.165) is 23.0 Å². The molecule has 0 aliphatic heterocycles. The molecule has 6 heteroatoms. The number of hydrogen-bond acceptors (Lipinski definition) is 5. The monoisotopic (exact) mass is 309 g/mol. The number of anilines is 2. The normalized spacial score (nSPS) is 9.95. The van der Waals surface area contributed by atoms with E-state index in [1.807, 2.05) is 60.7 Å². The molecule has 0 unspecified atom stereocenters. The number of aromatic nitrogens is 1. The van der Waals surface area contributed by atoms with Crippen LogP contribution in [0.4, 0.5) is 10.7 Å². The van der Waals surface area contributed by atoms with Crippen molar-refractivity contribution in [1.82, 2.24) is 4.37 Å². The highest BCUT2D eigenvalue weighted by Crippen LogP contribution is 2.26. The molecule has 0 saturated carbocycles. The van der Waals surface area contributed by atoms with Gasteiger partial charge in [-0.05, 0) is 47.9 Å². The minimum Gasteiger partial charge on any atom is -0.457 e. The predicted molar refractivity (Wildman–Crippen MR) is 85.9 cm³/mol. The lowest BCUT2D eigenvalue weighted by molar-refractivity contribution is 0.483. The Morgan fingerprint density at radius 1 is 1.05 bits per heavy atom. The van der Waals surface area contributed by atoms with Crippen molar-refractivity contribution in [2.24, 2.45) is 0 Å². The third-order valence-corrected chi connectivity index (χ3v) is 3.70. The number of benzene rings is 2. The zero-order chi connectivity index (χ0) is 15.4. The van der Waals surface area contributed by atoms with E-state index in [2.05, 4.69) is 9.69 Å². The van der Waals surface area contributed by atoms with Gasteiger partial charge in [0.2, 0.25) is 0 Å². The molecule has 3 aromatic rings. The molecule has 0 bridgehead atoms. The molecule has 0 atom stereocenters. The fourth-order valence-electron chi connectivity index (χ4n) is 1.85. The van der Waals surface area contributed by atoms with Crippen LogP contribution in [0.3, 0.4) is 0 Å². The van der Waals surface area contributed by atoms with Gasteiger partial charge in [0.25, 0.3) is 5.56 Å². The van der Waals surface area contributed by atoms with Crippen LogP contribution in [0, 0.1) is 11.3 Å². The van der Waals surface area contributed by atoms with Gasteiger partial charge >= 0.3 is 0 Å². The molecule has 0 aliphatic rings. The molecular formula is C16H11N3O2S. The van der Waals surface area contributed by atoms with Crippen LogP contribution >= 0.6 is 11.5 Å². The molecule has 1 heterocycles. The highest BCUT2D eigenvalue weighted by atomic mass is 32.1. The van der Waals surface area contributed by atoms with Crippen LogP contribution in [0.5, 0.6) is 11.5 Å². The molecule has 108 valence electrons. The smallest absolute Gasteiger partial charge is 0.278 e. The highest BCUT2D eigenvalue weighted by molar-refractivity contribution is 7.10. The second kappa shape index (κ2) is 6.16. The second-order valence-corrected chi connectivity index (χ2v) is 5.23. The van der Waals surface area contributed by atoms with Crippen molar-refractivity contribution in [2.45, 2.75) is 0 Å². The van der Waals surface area contributed by atoms with Crippen LogP contribution in [-0.4, -0.2) is 4.37 Å². The summed E-state index contributed by atoms with van der Waals surface area (Å²) in [6.45, 7) is 0. The highest BCUT2D eigenvalue weighted by Gasteiger charge is 2.09. The van der Waals surface area contributed by atoms with Crippen molar-refractivity contribution in [3.8, 4) is 17.6 Å². The maximum atomic E-state index is 11.4. The molecule has 0 amide bonds. The molecule has 0 aliphatic carbocycles. The molecule has 2 aromatic carbocycles. The first-order valence-corrected chi connectivity index (χ1v) is 7.29. The van der Waals surface area contributed by atoms with E-state index in [1.54, 1.807) is 0 Å².